The number of nitrogens with one attached hydrogen (secondary N) is 1. The number of hydrogen-bond acceptors (Lipinski definition) is 7. The fraction of sp³-hybridized carbons (Fsp3) is 0.429. The number of ether oxygens (including phenoxy) is 2. The monoisotopic (exact) mass is 609 g/mol. The Morgan fingerprint density at radius 2 is 2.02 bits per heavy atom. The van der Waals surface area contributed by atoms with E-state index in [0.29, 0.717) is 60.6 Å². The van der Waals surface area contributed by atoms with Crippen molar-refractivity contribution >= 4 is 39.1 Å². The van der Waals surface area contributed by atoms with E-state index in [1.807, 2.05) is 30.3 Å². The van der Waals surface area contributed by atoms with Crippen molar-refractivity contribution in [2.45, 2.75) is 61.9 Å². The molecule has 9 heteroatoms. The second kappa shape index (κ2) is 9.93. The minimum atomic E-state index is -0.823. The van der Waals surface area contributed by atoms with Gasteiger partial charge in [-0.15, -0.1) is 6.42 Å². The number of piperazine rings is 1. The number of fused-ring (bicyclic) bond motifs is 7. The van der Waals surface area contributed by atoms with Crippen LogP contribution in [0.4, 0.5) is 10.2 Å². The van der Waals surface area contributed by atoms with Crippen LogP contribution in [0.2, 0.25) is 5.02 Å². The molecule has 5 atom stereocenters. The third-order valence-electron chi connectivity index (χ3n) is 10.7. The maximum Gasteiger partial charge on any atom is 0.319 e. The van der Waals surface area contributed by atoms with Gasteiger partial charge >= 0.3 is 6.01 Å². The van der Waals surface area contributed by atoms with Gasteiger partial charge in [0.15, 0.2) is 5.75 Å². The summed E-state index contributed by atoms with van der Waals surface area (Å²) in [4.78, 5) is 14.7. The molecule has 5 aliphatic rings. The van der Waals surface area contributed by atoms with Gasteiger partial charge in [0, 0.05) is 48.1 Å². The third-order valence-corrected chi connectivity index (χ3v) is 11.0. The van der Waals surface area contributed by atoms with Gasteiger partial charge in [-0.1, -0.05) is 47.9 Å². The van der Waals surface area contributed by atoms with Crippen molar-refractivity contribution in [3.05, 3.63) is 53.1 Å². The quantitative estimate of drug-likeness (QED) is 0.296. The SMILES string of the molecule is C#Cc1cccc2cccc(-c3cc4nc(OC[C@@]56CCCN5C[C@H](F)C6)nc5c4c(c3Cl)OCC3C4CCC(CN53)N4)c12. The van der Waals surface area contributed by atoms with Gasteiger partial charge in [-0.05, 0) is 55.3 Å². The van der Waals surface area contributed by atoms with Crippen LogP contribution in [-0.4, -0.2) is 77.6 Å². The molecule has 0 amide bonds. The van der Waals surface area contributed by atoms with Gasteiger partial charge in [0.1, 0.15) is 25.2 Å². The third kappa shape index (κ3) is 3.95. The van der Waals surface area contributed by atoms with Crippen molar-refractivity contribution in [1.29, 1.82) is 0 Å². The van der Waals surface area contributed by atoms with E-state index in [-0.39, 0.29) is 11.6 Å². The lowest BCUT2D eigenvalue weighted by Gasteiger charge is -2.40. The highest BCUT2D eigenvalue weighted by Crippen LogP contribution is 2.49. The van der Waals surface area contributed by atoms with Gasteiger partial charge in [0.25, 0.3) is 0 Å². The summed E-state index contributed by atoms with van der Waals surface area (Å²) in [5.41, 5.74) is 2.94. The summed E-state index contributed by atoms with van der Waals surface area (Å²) in [5.74, 6) is 4.25. The Morgan fingerprint density at radius 1 is 1.14 bits per heavy atom. The maximum atomic E-state index is 14.5. The summed E-state index contributed by atoms with van der Waals surface area (Å²) in [5, 5.41) is 7.10. The topological polar surface area (TPSA) is 62.8 Å². The van der Waals surface area contributed by atoms with Crippen molar-refractivity contribution in [2.24, 2.45) is 0 Å². The van der Waals surface area contributed by atoms with Crippen molar-refractivity contribution < 1.29 is 13.9 Å². The average Bonchev–Trinajstić information content (AvgIpc) is 3.67. The zero-order valence-corrected chi connectivity index (χ0v) is 25.1. The summed E-state index contributed by atoms with van der Waals surface area (Å²) in [6, 6.07) is 15.2. The summed E-state index contributed by atoms with van der Waals surface area (Å²) >= 11 is 7.30. The minimum Gasteiger partial charge on any atom is -0.489 e. The van der Waals surface area contributed by atoms with E-state index in [1.165, 1.54) is 0 Å². The van der Waals surface area contributed by atoms with Crippen molar-refractivity contribution in [3.8, 4) is 35.2 Å². The Labute approximate surface area is 260 Å². The van der Waals surface area contributed by atoms with E-state index in [1.54, 1.807) is 0 Å². The molecule has 4 fully saturated rings. The Kier molecular flexibility index (Phi) is 6.04. The molecule has 5 aliphatic heterocycles. The first-order chi connectivity index (χ1) is 21.5. The number of benzene rings is 3. The lowest BCUT2D eigenvalue weighted by molar-refractivity contribution is 0.107. The number of nitrogens with zero attached hydrogens (tertiary/aromatic N) is 4. The van der Waals surface area contributed by atoms with Crippen LogP contribution in [-0.2, 0) is 0 Å². The van der Waals surface area contributed by atoms with E-state index in [0.717, 1.165) is 77.4 Å². The van der Waals surface area contributed by atoms with E-state index in [2.05, 4.69) is 33.2 Å². The van der Waals surface area contributed by atoms with E-state index in [9.17, 15) is 4.39 Å². The van der Waals surface area contributed by atoms with Gasteiger partial charge in [-0.25, -0.2) is 4.39 Å². The zero-order valence-electron chi connectivity index (χ0n) is 24.4. The molecule has 0 spiro atoms. The molecule has 7 nitrogen and oxygen atoms in total. The largest absolute Gasteiger partial charge is 0.489 e. The van der Waals surface area contributed by atoms with Gasteiger partial charge < -0.3 is 19.7 Å². The lowest BCUT2D eigenvalue weighted by atomic mass is 9.93. The number of halogens is 2. The summed E-state index contributed by atoms with van der Waals surface area (Å²) in [6.07, 6.45) is 9.83. The Bertz CT molecular complexity index is 1870. The van der Waals surface area contributed by atoms with Gasteiger partial charge in [-0.2, -0.15) is 9.97 Å². The zero-order chi connectivity index (χ0) is 29.6. The van der Waals surface area contributed by atoms with Gasteiger partial charge in [0.05, 0.1) is 27.5 Å². The van der Waals surface area contributed by atoms with Gasteiger partial charge in [-0.3, -0.25) is 4.90 Å². The van der Waals surface area contributed by atoms with Crippen LogP contribution >= 0.6 is 11.6 Å². The predicted molar refractivity (Wildman–Crippen MR) is 171 cm³/mol. The Balaban J connectivity index is 1.23. The van der Waals surface area contributed by atoms with Crippen molar-refractivity contribution in [1.82, 2.24) is 20.2 Å². The second-order valence-corrected chi connectivity index (χ2v) is 13.5. The van der Waals surface area contributed by atoms with Crippen LogP contribution < -0.4 is 19.7 Å². The van der Waals surface area contributed by atoms with Crippen LogP contribution in [0.5, 0.6) is 11.8 Å². The number of hydrogen-bond donors (Lipinski definition) is 1. The molecule has 224 valence electrons. The molecule has 3 aromatic carbocycles. The number of anilines is 1. The van der Waals surface area contributed by atoms with Gasteiger partial charge in [0.2, 0.25) is 0 Å². The summed E-state index contributed by atoms with van der Waals surface area (Å²) in [6.45, 7) is 3.06. The molecule has 0 saturated carbocycles. The lowest BCUT2D eigenvalue weighted by Crippen LogP contribution is -2.60. The molecule has 0 aliphatic carbocycles. The fourth-order valence-electron chi connectivity index (χ4n) is 8.64. The normalized spacial score (nSPS) is 28.9. The molecule has 1 N–H and O–H groups in total. The Morgan fingerprint density at radius 3 is 2.91 bits per heavy atom. The number of aromatic nitrogens is 2. The highest BCUT2D eigenvalue weighted by atomic mass is 35.5. The van der Waals surface area contributed by atoms with E-state index < -0.39 is 6.17 Å². The molecular weight excluding hydrogens is 577 g/mol. The van der Waals surface area contributed by atoms with Crippen molar-refractivity contribution in [3.63, 3.8) is 0 Å². The predicted octanol–water partition coefficient (Wildman–Crippen LogP) is 5.74. The van der Waals surface area contributed by atoms with Crippen LogP contribution in [0, 0.1) is 12.3 Å². The second-order valence-electron chi connectivity index (χ2n) is 13.1. The molecule has 2 bridgehead atoms. The van der Waals surface area contributed by atoms with Crippen LogP contribution in [0.15, 0.2) is 42.5 Å². The first-order valence-electron chi connectivity index (χ1n) is 15.7. The van der Waals surface area contributed by atoms with E-state index >= 15 is 0 Å². The standard InChI is InChI=1S/C35H33ClFN5O2/c1-2-20-6-3-7-21-8-4-9-24(29(20)21)25-14-27-30-32(31(25)36)43-18-28-26-11-10-23(38-26)17-42(28)33(30)40-34(39-27)44-19-35-12-5-13-41(35)16-22(37)15-35/h1,3-4,6-9,14,22-23,26,28,38H,5,10-13,15-19H2/t22-,23?,26?,28?,35+/m1/s1. The molecule has 6 heterocycles. The molecule has 4 saturated heterocycles. The van der Waals surface area contributed by atoms with Crippen LogP contribution in [0.3, 0.4) is 0 Å². The average molecular weight is 610 g/mol. The van der Waals surface area contributed by atoms with Crippen LogP contribution in [0.25, 0.3) is 32.8 Å². The number of alkyl halides is 1. The Hall–Kier alpha value is -3.64. The number of terminal acetylenes is 1. The molecule has 9 rings (SSSR count). The summed E-state index contributed by atoms with van der Waals surface area (Å²) in [7, 11) is 0. The smallest absolute Gasteiger partial charge is 0.319 e. The number of rotatable bonds is 4. The van der Waals surface area contributed by atoms with E-state index in [4.69, 9.17) is 37.5 Å². The van der Waals surface area contributed by atoms with Crippen molar-refractivity contribution in [2.75, 3.05) is 37.7 Å². The molecule has 1 aromatic heterocycles. The summed E-state index contributed by atoms with van der Waals surface area (Å²) < 4.78 is 27.6. The molecular formula is C35H33ClFN5O2. The molecule has 4 aromatic rings. The molecule has 0 radical (unpaired) electrons. The van der Waals surface area contributed by atoms with Crippen LogP contribution in [0.1, 0.15) is 37.7 Å². The highest BCUT2D eigenvalue weighted by molar-refractivity contribution is 6.37. The molecule has 3 unspecified atom stereocenters. The first-order valence-corrected chi connectivity index (χ1v) is 16.1. The highest BCUT2D eigenvalue weighted by Gasteiger charge is 2.50. The first kappa shape index (κ1) is 26.7. The molecule has 44 heavy (non-hydrogen) atoms. The maximum absolute atomic E-state index is 14.5. The fourth-order valence-corrected chi connectivity index (χ4v) is 8.95. The minimum absolute atomic E-state index is 0.100.